The van der Waals surface area contributed by atoms with Gasteiger partial charge in [0.05, 0.1) is 0 Å². The first-order valence-electron chi connectivity index (χ1n) is 20.8. The summed E-state index contributed by atoms with van der Waals surface area (Å²) in [6.45, 7) is 4.49. The molecule has 0 bridgehead atoms. The molecule has 14 heteroatoms. The van der Waals surface area contributed by atoms with Crippen LogP contribution >= 0.6 is 0 Å². The Balaban J connectivity index is 0.000000158. The first kappa shape index (κ1) is 40.4. The molecule has 2 aliphatic heterocycles. The number of aryl methyl sites for hydroxylation is 2. The van der Waals surface area contributed by atoms with Gasteiger partial charge in [0, 0.05) is 24.2 Å². The van der Waals surface area contributed by atoms with Crippen LogP contribution in [0.3, 0.4) is 0 Å². The van der Waals surface area contributed by atoms with Crippen LogP contribution in [0.15, 0.2) is 97.1 Å². The van der Waals surface area contributed by atoms with Gasteiger partial charge in [-0.2, -0.15) is 9.97 Å². The Bertz CT molecular complexity index is 2410. The maximum atomic E-state index is 13.1. The molecule has 316 valence electrons. The topological polar surface area (TPSA) is 147 Å². The molecule has 10 rings (SSSR count). The van der Waals surface area contributed by atoms with E-state index in [-0.39, 0.29) is 72.0 Å². The van der Waals surface area contributed by atoms with Gasteiger partial charge in [0.15, 0.2) is 23.0 Å². The Kier molecular flexibility index (Phi) is 11.5. The van der Waals surface area contributed by atoms with Gasteiger partial charge < -0.3 is 29.6 Å². The average molecular weight is 839 g/mol. The van der Waals surface area contributed by atoms with Crippen LogP contribution in [0.2, 0.25) is 0 Å². The number of fused-ring (bicyclic) bond motifs is 4. The predicted octanol–water partition coefficient (Wildman–Crippen LogP) is 8.43. The third-order valence-corrected chi connectivity index (χ3v) is 11.3. The van der Waals surface area contributed by atoms with Crippen molar-refractivity contribution in [2.75, 3.05) is 0 Å². The van der Waals surface area contributed by atoms with E-state index in [0.717, 1.165) is 71.9 Å². The summed E-state index contributed by atoms with van der Waals surface area (Å²) in [7, 11) is 0. The van der Waals surface area contributed by atoms with E-state index in [2.05, 4.69) is 30.6 Å². The lowest BCUT2D eigenvalue weighted by Crippen LogP contribution is -2.37. The fraction of sp³-hybridized carbons (Fsp3) is 0.292. The van der Waals surface area contributed by atoms with E-state index in [1.165, 1.54) is 24.3 Å². The molecule has 0 unspecified atom stereocenters. The SMILES string of the molecule is Cc1ccc(-c2nc3c(c(C(=O)NCc4ccc(F)cc4)n2)O[C@H]2CCC[C@H]2O3)cc1.Cc1ccc(-c2nc3c(c(C(=O)NCc4ccc(F)cc4)n2)O[C@H]2CCC[C@H]2O3)cc1. The van der Waals surface area contributed by atoms with Gasteiger partial charge in [-0.15, -0.1) is 0 Å². The molecule has 2 aromatic heterocycles. The van der Waals surface area contributed by atoms with Crippen LogP contribution in [0.4, 0.5) is 8.78 Å². The Morgan fingerprint density at radius 2 is 0.871 bits per heavy atom. The second-order valence-corrected chi connectivity index (χ2v) is 15.9. The number of halogens is 2. The second-order valence-electron chi connectivity index (χ2n) is 15.9. The van der Waals surface area contributed by atoms with E-state index >= 15 is 0 Å². The quantitative estimate of drug-likeness (QED) is 0.153. The van der Waals surface area contributed by atoms with E-state index in [0.29, 0.717) is 23.4 Å². The van der Waals surface area contributed by atoms with Crippen molar-refractivity contribution in [3.8, 4) is 46.0 Å². The van der Waals surface area contributed by atoms with Crippen LogP contribution in [0.5, 0.6) is 23.3 Å². The number of carbonyl (C=O) groups excluding carboxylic acids is 2. The molecule has 4 aliphatic rings. The van der Waals surface area contributed by atoms with Crippen molar-refractivity contribution < 1.29 is 37.3 Å². The summed E-state index contributed by atoms with van der Waals surface area (Å²) < 4.78 is 50.8. The molecule has 4 aromatic carbocycles. The first-order valence-corrected chi connectivity index (χ1v) is 20.8. The van der Waals surface area contributed by atoms with Crippen LogP contribution in [0.1, 0.15) is 81.8 Å². The summed E-state index contributed by atoms with van der Waals surface area (Å²) in [4.78, 5) is 44.4. The van der Waals surface area contributed by atoms with E-state index in [9.17, 15) is 18.4 Å². The van der Waals surface area contributed by atoms with Crippen LogP contribution in [0.25, 0.3) is 22.8 Å². The molecule has 0 radical (unpaired) electrons. The van der Waals surface area contributed by atoms with E-state index < -0.39 is 11.8 Å². The van der Waals surface area contributed by atoms with E-state index in [1.54, 1.807) is 24.3 Å². The summed E-state index contributed by atoms with van der Waals surface area (Å²) in [5.41, 5.74) is 5.67. The number of hydrogen-bond donors (Lipinski definition) is 2. The normalized spacial score (nSPS) is 19.0. The number of nitrogens with zero attached hydrogens (tertiary/aromatic N) is 4. The summed E-state index contributed by atoms with van der Waals surface area (Å²) in [5.74, 6) is 0.579. The molecule has 12 nitrogen and oxygen atoms in total. The Hall–Kier alpha value is -6.96. The van der Waals surface area contributed by atoms with Crippen LogP contribution in [0, 0.1) is 25.5 Å². The van der Waals surface area contributed by atoms with Crippen LogP contribution in [-0.2, 0) is 13.1 Å². The number of ether oxygens (including phenoxy) is 4. The van der Waals surface area contributed by atoms with Crippen molar-refractivity contribution in [1.82, 2.24) is 30.6 Å². The van der Waals surface area contributed by atoms with Crippen molar-refractivity contribution in [3.63, 3.8) is 0 Å². The minimum atomic E-state index is -0.392. The number of hydrogen-bond acceptors (Lipinski definition) is 10. The monoisotopic (exact) mass is 838 g/mol. The Morgan fingerprint density at radius 1 is 0.516 bits per heavy atom. The lowest BCUT2D eigenvalue weighted by Gasteiger charge is -2.29. The van der Waals surface area contributed by atoms with Crippen molar-refractivity contribution in [2.24, 2.45) is 0 Å². The predicted molar refractivity (Wildman–Crippen MR) is 225 cm³/mol. The largest absolute Gasteiger partial charge is 0.479 e. The van der Waals surface area contributed by atoms with Gasteiger partial charge >= 0.3 is 0 Å². The van der Waals surface area contributed by atoms with Crippen LogP contribution in [-0.4, -0.2) is 56.2 Å². The highest BCUT2D eigenvalue weighted by Crippen LogP contribution is 2.42. The van der Waals surface area contributed by atoms with Gasteiger partial charge in [-0.05, 0) is 87.8 Å². The zero-order valence-electron chi connectivity index (χ0n) is 34.2. The third-order valence-electron chi connectivity index (χ3n) is 11.3. The highest BCUT2D eigenvalue weighted by molar-refractivity contribution is 5.97. The molecular formula is C48H44F2N6O6. The summed E-state index contributed by atoms with van der Waals surface area (Å²) in [6, 6.07) is 27.5. The van der Waals surface area contributed by atoms with Gasteiger partial charge in [-0.25, -0.2) is 18.7 Å². The maximum Gasteiger partial charge on any atom is 0.274 e. The molecule has 0 spiro atoms. The third kappa shape index (κ3) is 8.90. The first-order chi connectivity index (χ1) is 30.1. The molecule has 62 heavy (non-hydrogen) atoms. The van der Waals surface area contributed by atoms with Gasteiger partial charge in [-0.3, -0.25) is 9.59 Å². The lowest BCUT2D eigenvalue weighted by molar-refractivity contribution is 0.0362. The zero-order valence-corrected chi connectivity index (χ0v) is 34.2. The van der Waals surface area contributed by atoms with Gasteiger partial charge in [0.2, 0.25) is 11.5 Å². The molecular weight excluding hydrogens is 795 g/mol. The van der Waals surface area contributed by atoms with Crippen molar-refractivity contribution in [2.45, 2.75) is 89.9 Å². The zero-order chi connectivity index (χ0) is 42.7. The van der Waals surface area contributed by atoms with Gasteiger partial charge in [-0.1, -0.05) is 83.9 Å². The molecule has 2 saturated carbocycles. The summed E-state index contributed by atoms with van der Waals surface area (Å²) in [6.07, 6.45) is 5.28. The Morgan fingerprint density at radius 3 is 1.24 bits per heavy atom. The van der Waals surface area contributed by atoms with Crippen LogP contribution < -0.4 is 29.6 Å². The number of benzene rings is 4. The van der Waals surface area contributed by atoms with E-state index in [1.807, 2.05) is 62.4 Å². The van der Waals surface area contributed by atoms with Crippen molar-refractivity contribution >= 4 is 11.8 Å². The molecule has 4 atom stereocenters. The minimum absolute atomic E-state index is 0.0524. The molecule has 2 aliphatic carbocycles. The molecule has 0 saturated heterocycles. The number of aromatic nitrogens is 4. The number of amides is 2. The van der Waals surface area contributed by atoms with Crippen molar-refractivity contribution in [1.29, 1.82) is 0 Å². The molecule has 2 fully saturated rings. The smallest absolute Gasteiger partial charge is 0.274 e. The summed E-state index contributed by atoms with van der Waals surface area (Å²) in [5, 5.41) is 5.69. The molecule has 2 N–H and O–H groups in total. The average Bonchev–Trinajstić information content (AvgIpc) is 3.96. The maximum absolute atomic E-state index is 13.1. The highest BCUT2D eigenvalue weighted by Gasteiger charge is 2.41. The minimum Gasteiger partial charge on any atom is -0.479 e. The van der Waals surface area contributed by atoms with E-state index in [4.69, 9.17) is 18.9 Å². The summed E-state index contributed by atoms with van der Waals surface area (Å²) >= 11 is 0. The van der Waals surface area contributed by atoms with Gasteiger partial charge in [0.1, 0.15) is 36.1 Å². The highest BCUT2D eigenvalue weighted by atomic mass is 19.1. The van der Waals surface area contributed by atoms with Gasteiger partial charge in [0.25, 0.3) is 23.6 Å². The number of rotatable bonds is 8. The standard InChI is InChI=1S/2C24H22FN3O3/c2*1-14-5-9-16(10-6-14)22-27-20(23(29)26-13-15-7-11-17(25)12-8-15)21-24(28-22)31-19-4-2-3-18(19)30-21/h2*5-12,18-19H,2-4,13H2,1H3,(H,26,29)/t2*18-,19+/m00/s1. The number of carbonyl (C=O) groups is 2. The van der Waals surface area contributed by atoms with Crippen molar-refractivity contribution in [3.05, 3.63) is 142 Å². The number of nitrogens with one attached hydrogen (secondary N) is 2. The fourth-order valence-corrected chi connectivity index (χ4v) is 7.85. The molecule has 2 amide bonds. The Labute approximate surface area is 357 Å². The second kappa shape index (κ2) is 17.6. The molecule has 6 aromatic rings. The molecule has 4 heterocycles. The lowest BCUT2D eigenvalue weighted by atomic mass is 10.1. The fourth-order valence-electron chi connectivity index (χ4n) is 7.85.